The zero-order valence-corrected chi connectivity index (χ0v) is 9.67. The Kier molecular flexibility index (Phi) is 9.84. The van der Waals surface area contributed by atoms with E-state index in [9.17, 15) is 0 Å². The van der Waals surface area contributed by atoms with Gasteiger partial charge in [0.25, 0.3) is 0 Å². The van der Waals surface area contributed by atoms with Gasteiger partial charge < -0.3 is 0 Å². The van der Waals surface area contributed by atoms with Gasteiger partial charge in [-0.25, -0.2) is 0 Å². The molecule has 0 amide bonds. The molecule has 0 saturated heterocycles. The van der Waals surface area contributed by atoms with E-state index < -0.39 is 7.43 Å². The van der Waals surface area contributed by atoms with Crippen LogP contribution in [0.1, 0.15) is 39.0 Å². The van der Waals surface area contributed by atoms with Gasteiger partial charge in [0.05, 0.1) is 7.43 Å². The van der Waals surface area contributed by atoms with Crippen molar-refractivity contribution in [3.05, 3.63) is 11.9 Å². The minimum absolute atomic E-state index is 0.561. The fourth-order valence-electron chi connectivity index (χ4n) is 0.931. The average Bonchev–Trinajstić information content (AvgIpc) is 2.10. The van der Waals surface area contributed by atoms with Gasteiger partial charge in [0.1, 0.15) is 0 Å². The summed E-state index contributed by atoms with van der Waals surface area (Å²) in [5, 5.41) is 3.01. The third kappa shape index (κ3) is 8.52. The summed E-state index contributed by atoms with van der Waals surface area (Å²) in [5.74, 6) is 2.07. The van der Waals surface area contributed by atoms with E-state index in [1.54, 1.807) is 0 Å². The first-order valence-corrected chi connectivity index (χ1v) is 6.92. The topological polar surface area (TPSA) is 12.0 Å². The Morgan fingerprint density at radius 2 is 2.08 bits per heavy atom. The fourth-order valence-corrected chi connectivity index (χ4v) is 1.65. The molecule has 3 heteroatoms. The monoisotopic (exact) mass is 207 g/mol. The third-order valence-corrected chi connectivity index (χ3v) is 3.42. The van der Waals surface area contributed by atoms with E-state index in [-0.39, 0.29) is 0 Å². The van der Waals surface area contributed by atoms with Gasteiger partial charge in [0.2, 0.25) is 0 Å². The Bertz CT molecular complexity index is 117. The lowest BCUT2D eigenvalue weighted by Crippen LogP contribution is -1.88. The van der Waals surface area contributed by atoms with Gasteiger partial charge in [-0.3, -0.25) is 5.09 Å². The molecule has 0 heterocycles. The molecule has 0 aromatic rings. The molecule has 1 nitrogen and oxygen atoms in total. The van der Waals surface area contributed by atoms with E-state index in [0.29, 0.717) is 0 Å². The molecule has 0 aromatic carbocycles. The molecular formula is C9H19ClNP. The zero-order chi connectivity index (χ0) is 9.23. The van der Waals surface area contributed by atoms with Crippen LogP contribution in [0.2, 0.25) is 0 Å². The lowest BCUT2D eigenvalue weighted by Gasteiger charge is -1.99. The van der Waals surface area contributed by atoms with Gasteiger partial charge in [-0.1, -0.05) is 43.5 Å². The van der Waals surface area contributed by atoms with Crippen molar-refractivity contribution in [1.82, 2.24) is 5.09 Å². The highest BCUT2D eigenvalue weighted by Gasteiger charge is 1.90. The maximum atomic E-state index is 5.87. The van der Waals surface area contributed by atoms with Gasteiger partial charge in [-0.05, 0) is 25.7 Å². The summed E-state index contributed by atoms with van der Waals surface area (Å²) in [6, 6.07) is 0. The summed E-state index contributed by atoms with van der Waals surface area (Å²) in [4.78, 5) is 0. The molecule has 72 valence electrons. The molecule has 0 radical (unpaired) electrons. The van der Waals surface area contributed by atoms with E-state index in [4.69, 9.17) is 11.2 Å². The minimum atomic E-state index is -0.561. The van der Waals surface area contributed by atoms with Crippen molar-refractivity contribution < 1.29 is 0 Å². The first kappa shape index (κ1) is 12.4. The van der Waals surface area contributed by atoms with Crippen molar-refractivity contribution in [3.63, 3.8) is 0 Å². The highest BCUT2D eigenvalue weighted by molar-refractivity contribution is 7.84. The smallest absolute Gasteiger partial charge is 0.0837 e. The number of unbranched alkanes of at least 4 members (excludes halogenated alkanes) is 4. The lowest BCUT2D eigenvalue weighted by molar-refractivity contribution is 0.675. The molecule has 1 unspecified atom stereocenters. The predicted molar refractivity (Wildman–Crippen MR) is 59.7 cm³/mol. The van der Waals surface area contributed by atoms with Gasteiger partial charge >= 0.3 is 0 Å². The molecule has 0 bridgehead atoms. The van der Waals surface area contributed by atoms with Gasteiger partial charge in [-0.2, -0.15) is 0 Å². The zero-order valence-electron chi connectivity index (χ0n) is 8.02. The summed E-state index contributed by atoms with van der Waals surface area (Å²) in [6.07, 6.45) is 8.67. The summed E-state index contributed by atoms with van der Waals surface area (Å²) in [7, 11) is 1.33. The van der Waals surface area contributed by atoms with E-state index in [1.165, 1.54) is 32.1 Å². The van der Waals surface area contributed by atoms with Crippen LogP contribution >= 0.6 is 18.7 Å². The quantitative estimate of drug-likeness (QED) is 0.486. The van der Waals surface area contributed by atoms with Gasteiger partial charge in [-0.15, -0.1) is 0 Å². The SMILES string of the molecule is CCCCCCC=CP(Cl)NC. The number of allylic oxidation sites excluding steroid dienone is 1. The van der Waals surface area contributed by atoms with Crippen molar-refractivity contribution in [1.29, 1.82) is 0 Å². The van der Waals surface area contributed by atoms with Crippen molar-refractivity contribution in [3.8, 4) is 0 Å². The van der Waals surface area contributed by atoms with Crippen LogP contribution in [0.5, 0.6) is 0 Å². The van der Waals surface area contributed by atoms with Crippen LogP contribution in [0.15, 0.2) is 11.9 Å². The van der Waals surface area contributed by atoms with Crippen LogP contribution in [-0.4, -0.2) is 7.05 Å². The van der Waals surface area contributed by atoms with Crippen LogP contribution in [-0.2, 0) is 0 Å². The maximum Gasteiger partial charge on any atom is 0.0837 e. The molecule has 0 aliphatic carbocycles. The number of hydrogen-bond acceptors (Lipinski definition) is 1. The average molecular weight is 208 g/mol. The first-order valence-electron chi connectivity index (χ1n) is 4.60. The molecule has 0 aliphatic rings. The van der Waals surface area contributed by atoms with E-state index >= 15 is 0 Å². The van der Waals surface area contributed by atoms with Crippen LogP contribution < -0.4 is 5.09 Å². The highest BCUT2D eigenvalue weighted by atomic mass is 35.7. The van der Waals surface area contributed by atoms with E-state index in [2.05, 4.69) is 23.9 Å². The first-order chi connectivity index (χ1) is 5.81. The second kappa shape index (κ2) is 9.51. The second-order valence-electron chi connectivity index (χ2n) is 2.77. The number of rotatable bonds is 7. The molecule has 12 heavy (non-hydrogen) atoms. The molecule has 1 N–H and O–H groups in total. The van der Waals surface area contributed by atoms with Crippen molar-refractivity contribution in [2.24, 2.45) is 0 Å². The van der Waals surface area contributed by atoms with Crippen LogP contribution in [0, 0.1) is 0 Å². The normalized spacial score (nSPS) is 13.9. The minimum Gasteiger partial charge on any atom is -0.283 e. The molecule has 0 saturated carbocycles. The largest absolute Gasteiger partial charge is 0.283 e. The predicted octanol–water partition coefficient (Wildman–Crippen LogP) is 4.24. The fraction of sp³-hybridized carbons (Fsp3) is 0.778. The third-order valence-electron chi connectivity index (χ3n) is 1.67. The van der Waals surface area contributed by atoms with Crippen LogP contribution in [0.4, 0.5) is 0 Å². The van der Waals surface area contributed by atoms with Crippen molar-refractivity contribution in [2.75, 3.05) is 7.05 Å². The Morgan fingerprint density at radius 1 is 1.33 bits per heavy atom. The van der Waals surface area contributed by atoms with Gasteiger partial charge in [0, 0.05) is 0 Å². The molecule has 0 rings (SSSR count). The van der Waals surface area contributed by atoms with Gasteiger partial charge in [0.15, 0.2) is 0 Å². The van der Waals surface area contributed by atoms with Crippen molar-refractivity contribution >= 4 is 18.7 Å². The summed E-state index contributed by atoms with van der Waals surface area (Å²) in [5.41, 5.74) is 0. The number of nitrogens with one attached hydrogen (secondary N) is 1. The molecule has 0 spiro atoms. The number of hydrogen-bond donors (Lipinski definition) is 1. The number of halogens is 1. The van der Waals surface area contributed by atoms with E-state index in [0.717, 1.165) is 0 Å². The molecule has 0 aromatic heterocycles. The highest BCUT2D eigenvalue weighted by Crippen LogP contribution is 2.36. The summed E-state index contributed by atoms with van der Waals surface area (Å²) < 4.78 is 0. The molecule has 0 aliphatic heterocycles. The lowest BCUT2D eigenvalue weighted by atomic mass is 10.2. The Balaban J connectivity index is 3.12. The Labute approximate surface area is 82.2 Å². The molecular weight excluding hydrogens is 189 g/mol. The Morgan fingerprint density at radius 3 is 2.67 bits per heavy atom. The molecule has 0 fully saturated rings. The summed E-state index contributed by atoms with van der Waals surface area (Å²) >= 11 is 5.87. The standard InChI is InChI=1S/C9H19ClNP/c1-3-4-5-6-7-8-9-12(10)11-2/h8-9,11H,3-7H2,1-2H3. The maximum absolute atomic E-state index is 5.87. The second-order valence-corrected chi connectivity index (χ2v) is 5.23. The molecule has 1 atom stereocenters. The van der Waals surface area contributed by atoms with E-state index in [1.807, 2.05) is 7.05 Å². The van der Waals surface area contributed by atoms with Crippen LogP contribution in [0.3, 0.4) is 0 Å². The Hall–Kier alpha value is 0.420. The van der Waals surface area contributed by atoms with Crippen molar-refractivity contribution in [2.45, 2.75) is 39.0 Å². The summed E-state index contributed by atoms with van der Waals surface area (Å²) in [6.45, 7) is 2.23. The van der Waals surface area contributed by atoms with Crippen LogP contribution in [0.25, 0.3) is 0 Å².